The van der Waals surface area contributed by atoms with Gasteiger partial charge in [-0.3, -0.25) is 0 Å². The lowest BCUT2D eigenvalue weighted by atomic mass is 10.0. The molecule has 0 aliphatic heterocycles. The van der Waals surface area contributed by atoms with Crippen molar-refractivity contribution >= 4 is 0 Å². The van der Waals surface area contributed by atoms with E-state index >= 15 is 0 Å². The Hall–Kier alpha value is -0.860. The number of likely N-dealkylation sites (N-methyl/N-ethyl adjacent to an activating group) is 1. The summed E-state index contributed by atoms with van der Waals surface area (Å²) < 4.78 is 5.85. The van der Waals surface area contributed by atoms with Crippen molar-refractivity contribution < 1.29 is 4.74 Å². The third-order valence-electron chi connectivity index (χ3n) is 3.37. The molecule has 1 aromatic rings. The fourth-order valence-corrected chi connectivity index (χ4v) is 2.28. The number of hydrogen-bond acceptors (Lipinski definition) is 2. The van der Waals surface area contributed by atoms with E-state index < -0.39 is 0 Å². The smallest absolute Gasteiger partial charge is 0.0661 e. The first-order valence-corrected chi connectivity index (χ1v) is 7.51. The van der Waals surface area contributed by atoms with Crippen LogP contribution in [0.15, 0.2) is 24.3 Å². The summed E-state index contributed by atoms with van der Waals surface area (Å²) in [4.78, 5) is 0. The number of hydrogen-bond donors (Lipinski definition) is 1. The molecule has 1 aromatic carbocycles. The maximum atomic E-state index is 5.85. The fourth-order valence-electron chi connectivity index (χ4n) is 2.28. The number of benzene rings is 1. The monoisotopic (exact) mass is 263 g/mol. The molecule has 1 rings (SSSR count). The molecule has 0 spiro atoms. The van der Waals surface area contributed by atoms with Crippen molar-refractivity contribution in [3.8, 4) is 0 Å². The molecule has 0 aromatic heterocycles. The average molecular weight is 263 g/mol. The molecular weight excluding hydrogens is 234 g/mol. The second-order valence-electron chi connectivity index (χ2n) is 5.58. The molecule has 108 valence electrons. The number of aryl methyl sites for hydroxylation is 1. The Balaban J connectivity index is 2.43. The first-order chi connectivity index (χ1) is 9.15. The Morgan fingerprint density at radius 3 is 2.58 bits per heavy atom. The summed E-state index contributed by atoms with van der Waals surface area (Å²) in [6, 6.07) is 8.86. The number of nitrogens with one attached hydrogen (secondary N) is 1. The lowest BCUT2D eigenvalue weighted by Gasteiger charge is -2.20. The molecule has 19 heavy (non-hydrogen) atoms. The van der Waals surface area contributed by atoms with E-state index in [4.69, 9.17) is 4.74 Å². The van der Waals surface area contributed by atoms with Crippen LogP contribution in [0.5, 0.6) is 0 Å². The lowest BCUT2D eigenvalue weighted by molar-refractivity contribution is 0.106. The SMILES string of the molecule is CCNC(COCCCC(C)C)c1ccccc1C. The highest BCUT2D eigenvalue weighted by atomic mass is 16.5. The zero-order valence-corrected chi connectivity index (χ0v) is 12.9. The van der Waals surface area contributed by atoms with Crippen molar-refractivity contribution in [2.24, 2.45) is 5.92 Å². The van der Waals surface area contributed by atoms with Crippen molar-refractivity contribution in [1.29, 1.82) is 0 Å². The Kier molecular flexibility index (Phi) is 7.76. The van der Waals surface area contributed by atoms with Crippen molar-refractivity contribution in [2.45, 2.75) is 46.6 Å². The summed E-state index contributed by atoms with van der Waals surface area (Å²) in [6.07, 6.45) is 2.40. The van der Waals surface area contributed by atoms with Crippen LogP contribution in [-0.2, 0) is 4.74 Å². The average Bonchev–Trinajstić information content (AvgIpc) is 2.37. The Morgan fingerprint density at radius 2 is 1.95 bits per heavy atom. The topological polar surface area (TPSA) is 21.3 Å². The van der Waals surface area contributed by atoms with Crippen LogP contribution in [0.2, 0.25) is 0 Å². The van der Waals surface area contributed by atoms with E-state index in [9.17, 15) is 0 Å². The maximum absolute atomic E-state index is 5.85. The molecule has 0 bridgehead atoms. The van der Waals surface area contributed by atoms with Gasteiger partial charge in [-0.05, 0) is 43.4 Å². The second kappa shape index (κ2) is 9.11. The molecule has 1 unspecified atom stereocenters. The quantitative estimate of drug-likeness (QED) is 0.677. The summed E-state index contributed by atoms with van der Waals surface area (Å²) in [5.74, 6) is 0.768. The highest BCUT2D eigenvalue weighted by Gasteiger charge is 2.12. The van der Waals surface area contributed by atoms with E-state index in [1.165, 1.54) is 17.5 Å². The third kappa shape index (κ3) is 6.22. The van der Waals surface area contributed by atoms with Gasteiger partial charge in [0.25, 0.3) is 0 Å². The zero-order valence-electron chi connectivity index (χ0n) is 12.9. The molecule has 0 heterocycles. The molecule has 0 saturated heterocycles. The molecule has 0 aliphatic rings. The summed E-state index contributed by atoms with van der Waals surface area (Å²) >= 11 is 0. The van der Waals surface area contributed by atoms with Crippen molar-refractivity contribution in [3.05, 3.63) is 35.4 Å². The molecule has 0 aliphatic carbocycles. The van der Waals surface area contributed by atoms with Gasteiger partial charge in [0.15, 0.2) is 0 Å². The van der Waals surface area contributed by atoms with Crippen LogP contribution >= 0.6 is 0 Å². The van der Waals surface area contributed by atoms with Gasteiger partial charge in [0, 0.05) is 6.61 Å². The van der Waals surface area contributed by atoms with Gasteiger partial charge >= 0.3 is 0 Å². The first kappa shape index (κ1) is 16.2. The van der Waals surface area contributed by atoms with Crippen LogP contribution in [0.25, 0.3) is 0 Å². The third-order valence-corrected chi connectivity index (χ3v) is 3.37. The van der Waals surface area contributed by atoms with E-state index in [1.807, 2.05) is 0 Å². The van der Waals surface area contributed by atoms with Gasteiger partial charge in [0.05, 0.1) is 12.6 Å². The minimum Gasteiger partial charge on any atom is -0.379 e. The zero-order chi connectivity index (χ0) is 14.1. The van der Waals surface area contributed by atoms with E-state index in [0.717, 1.165) is 32.1 Å². The standard InChI is InChI=1S/C17H29NO/c1-5-18-17(13-19-12-8-9-14(2)3)16-11-7-6-10-15(16)4/h6-7,10-11,14,17-18H,5,8-9,12-13H2,1-4H3. The summed E-state index contributed by atoms with van der Waals surface area (Å²) in [5, 5.41) is 3.51. The lowest BCUT2D eigenvalue weighted by Crippen LogP contribution is -2.26. The molecular formula is C17H29NO. The van der Waals surface area contributed by atoms with E-state index in [2.05, 4.69) is 57.3 Å². The minimum atomic E-state index is 0.310. The van der Waals surface area contributed by atoms with E-state index in [0.29, 0.717) is 6.04 Å². The summed E-state index contributed by atoms with van der Waals surface area (Å²) in [6.45, 7) is 11.4. The number of ether oxygens (including phenoxy) is 1. The molecule has 2 nitrogen and oxygen atoms in total. The molecule has 0 radical (unpaired) electrons. The van der Waals surface area contributed by atoms with Crippen molar-refractivity contribution in [2.75, 3.05) is 19.8 Å². The highest BCUT2D eigenvalue weighted by Crippen LogP contribution is 2.18. The molecule has 0 fully saturated rings. The molecule has 2 heteroatoms. The first-order valence-electron chi connectivity index (χ1n) is 7.51. The minimum absolute atomic E-state index is 0.310. The normalized spacial score (nSPS) is 12.9. The van der Waals surface area contributed by atoms with Gasteiger partial charge in [-0.2, -0.15) is 0 Å². The van der Waals surface area contributed by atoms with E-state index in [-0.39, 0.29) is 0 Å². The molecule has 0 saturated carbocycles. The number of rotatable bonds is 9. The van der Waals surface area contributed by atoms with Gasteiger partial charge in [0.1, 0.15) is 0 Å². The van der Waals surface area contributed by atoms with Crippen LogP contribution in [0, 0.1) is 12.8 Å². The predicted octanol–water partition coefficient (Wildman–Crippen LogP) is 4.10. The van der Waals surface area contributed by atoms with Gasteiger partial charge in [0.2, 0.25) is 0 Å². The van der Waals surface area contributed by atoms with Gasteiger partial charge in [-0.15, -0.1) is 0 Å². The van der Waals surface area contributed by atoms with Crippen LogP contribution in [-0.4, -0.2) is 19.8 Å². The Labute approximate surface area is 118 Å². The van der Waals surface area contributed by atoms with Crippen LogP contribution in [0.4, 0.5) is 0 Å². The van der Waals surface area contributed by atoms with Gasteiger partial charge in [-0.25, -0.2) is 0 Å². The van der Waals surface area contributed by atoms with Gasteiger partial charge < -0.3 is 10.1 Å². The van der Waals surface area contributed by atoms with Crippen LogP contribution < -0.4 is 5.32 Å². The summed E-state index contributed by atoms with van der Waals surface area (Å²) in [7, 11) is 0. The van der Waals surface area contributed by atoms with Crippen molar-refractivity contribution in [3.63, 3.8) is 0 Å². The van der Waals surface area contributed by atoms with Crippen molar-refractivity contribution in [1.82, 2.24) is 5.32 Å². The molecule has 1 N–H and O–H groups in total. The maximum Gasteiger partial charge on any atom is 0.0661 e. The molecule has 1 atom stereocenters. The Morgan fingerprint density at radius 1 is 1.21 bits per heavy atom. The Bertz CT molecular complexity index is 349. The summed E-state index contributed by atoms with van der Waals surface area (Å²) in [5.41, 5.74) is 2.69. The van der Waals surface area contributed by atoms with Crippen LogP contribution in [0.3, 0.4) is 0 Å². The van der Waals surface area contributed by atoms with Gasteiger partial charge in [-0.1, -0.05) is 45.0 Å². The highest BCUT2D eigenvalue weighted by molar-refractivity contribution is 5.28. The van der Waals surface area contributed by atoms with E-state index in [1.54, 1.807) is 0 Å². The molecule has 0 amide bonds. The second-order valence-corrected chi connectivity index (χ2v) is 5.58. The largest absolute Gasteiger partial charge is 0.379 e. The fraction of sp³-hybridized carbons (Fsp3) is 0.647. The predicted molar refractivity (Wildman–Crippen MR) is 82.5 cm³/mol. The van der Waals surface area contributed by atoms with Crippen LogP contribution in [0.1, 0.15) is 50.8 Å².